The van der Waals surface area contributed by atoms with Crippen LogP contribution in [0.4, 0.5) is 0 Å². The van der Waals surface area contributed by atoms with Gasteiger partial charge in [0.25, 0.3) is 0 Å². The van der Waals surface area contributed by atoms with Crippen molar-refractivity contribution in [2.75, 3.05) is 0 Å². The van der Waals surface area contributed by atoms with Crippen LogP contribution in [0.5, 0.6) is 0 Å². The summed E-state index contributed by atoms with van der Waals surface area (Å²) in [5.41, 5.74) is 0. The second-order valence-corrected chi connectivity index (χ2v) is 3.85. The molecule has 2 nitrogen and oxygen atoms in total. The molecular formula is C10H15NO. The van der Waals surface area contributed by atoms with Crippen molar-refractivity contribution >= 4 is 5.78 Å². The first-order valence-electron chi connectivity index (χ1n) is 4.71. The normalized spacial score (nSPS) is 38.5. The molecular weight excluding hydrogens is 150 g/mol. The third-order valence-electron chi connectivity index (χ3n) is 3.06. The van der Waals surface area contributed by atoms with E-state index >= 15 is 0 Å². The Hall–Kier alpha value is -0.630. The lowest BCUT2D eigenvalue weighted by Crippen LogP contribution is -2.28. The molecule has 2 rings (SSSR count). The smallest absolute Gasteiger partial charge is 0.141 e. The Morgan fingerprint density at radius 1 is 1.58 bits per heavy atom. The average Bonchev–Trinajstić information content (AvgIpc) is 2.64. The molecule has 2 aliphatic heterocycles. The Kier molecular flexibility index (Phi) is 2.01. The molecule has 2 bridgehead atoms. The summed E-state index contributed by atoms with van der Waals surface area (Å²) in [6.45, 7) is 3.59. The molecule has 12 heavy (non-hydrogen) atoms. The van der Waals surface area contributed by atoms with Crippen LogP contribution in [0.15, 0.2) is 12.7 Å². The molecule has 0 saturated carbocycles. The number of ketones is 1. The molecule has 1 N–H and O–H groups in total. The predicted octanol–water partition coefficient (Wildman–Crippen LogP) is 1.27. The van der Waals surface area contributed by atoms with Crippen LogP contribution >= 0.6 is 0 Å². The van der Waals surface area contributed by atoms with Crippen LogP contribution in [0.2, 0.25) is 0 Å². The molecule has 2 aliphatic rings. The summed E-state index contributed by atoms with van der Waals surface area (Å²) >= 11 is 0. The van der Waals surface area contributed by atoms with Crippen LogP contribution < -0.4 is 5.32 Å². The van der Waals surface area contributed by atoms with Gasteiger partial charge in [-0.05, 0) is 19.3 Å². The van der Waals surface area contributed by atoms with E-state index in [4.69, 9.17) is 0 Å². The van der Waals surface area contributed by atoms with Gasteiger partial charge in [0.2, 0.25) is 0 Å². The summed E-state index contributed by atoms with van der Waals surface area (Å²) in [4.78, 5) is 11.5. The Morgan fingerprint density at radius 2 is 2.42 bits per heavy atom. The molecule has 2 fully saturated rings. The van der Waals surface area contributed by atoms with E-state index in [1.54, 1.807) is 6.08 Å². The second-order valence-electron chi connectivity index (χ2n) is 3.85. The minimum Gasteiger partial charge on any atom is -0.310 e. The predicted molar refractivity (Wildman–Crippen MR) is 47.9 cm³/mol. The number of Topliss-reactive ketones (excluding diaryl/α,β-unsaturated/α-hetero) is 1. The fraction of sp³-hybridized carbons (Fsp3) is 0.700. The number of carbonyl (C=O) groups excluding carboxylic acids is 1. The van der Waals surface area contributed by atoms with E-state index in [0.717, 1.165) is 6.42 Å². The van der Waals surface area contributed by atoms with Crippen molar-refractivity contribution in [3.8, 4) is 0 Å². The third kappa shape index (κ3) is 1.20. The Labute approximate surface area is 73.0 Å². The van der Waals surface area contributed by atoms with E-state index in [-0.39, 0.29) is 0 Å². The summed E-state index contributed by atoms with van der Waals surface area (Å²) in [5, 5.41) is 3.46. The van der Waals surface area contributed by atoms with Crippen molar-refractivity contribution in [1.29, 1.82) is 0 Å². The lowest BCUT2D eigenvalue weighted by atomic mass is 9.85. The SMILES string of the molecule is C=CCC(=O)C1CC2CCC1N2. The number of hydrogen-bond acceptors (Lipinski definition) is 2. The lowest BCUT2D eigenvalue weighted by molar-refractivity contribution is -0.122. The van der Waals surface area contributed by atoms with E-state index in [0.29, 0.717) is 30.2 Å². The van der Waals surface area contributed by atoms with Crippen molar-refractivity contribution in [2.24, 2.45) is 5.92 Å². The monoisotopic (exact) mass is 165 g/mol. The van der Waals surface area contributed by atoms with Gasteiger partial charge < -0.3 is 5.32 Å². The largest absolute Gasteiger partial charge is 0.310 e. The lowest BCUT2D eigenvalue weighted by Gasteiger charge is -2.17. The summed E-state index contributed by atoms with van der Waals surface area (Å²) in [6.07, 6.45) is 5.79. The third-order valence-corrected chi connectivity index (χ3v) is 3.06. The van der Waals surface area contributed by atoms with Gasteiger partial charge in [-0.25, -0.2) is 0 Å². The Morgan fingerprint density at radius 3 is 2.92 bits per heavy atom. The van der Waals surface area contributed by atoms with Gasteiger partial charge in [-0.15, -0.1) is 6.58 Å². The molecule has 2 heterocycles. The summed E-state index contributed by atoms with van der Waals surface area (Å²) < 4.78 is 0. The van der Waals surface area contributed by atoms with Crippen LogP contribution in [0.1, 0.15) is 25.7 Å². The fourth-order valence-corrected chi connectivity index (χ4v) is 2.47. The molecule has 2 saturated heterocycles. The summed E-state index contributed by atoms with van der Waals surface area (Å²) in [6, 6.07) is 1.12. The van der Waals surface area contributed by atoms with Gasteiger partial charge in [0.1, 0.15) is 5.78 Å². The van der Waals surface area contributed by atoms with Gasteiger partial charge in [0, 0.05) is 24.4 Å². The molecule has 0 aromatic heterocycles. The van der Waals surface area contributed by atoms with Gasteiger partial charge in [-0.1, -0.05) is 6.08 Å². The average molecular weight is 165 g/mol. The number of nitrogens with one attached hydrogen (secondary N) is 1. The highest BCUT2D eigenvalue weighted by atomic mass is 16.1. The van der Waals surface area contributed by atoms with Crippen molar-refractivity contribution in [3.05, 3.63) is 12.7 Å². The highest BCUT2D eigenvalue weighted by molar-refractivity contribution is 5.83. The van der Waals surface area contributed by atoms with Gasteiger partial charge in [-0.3, -0.25) is 4.79 Å². The number of fused-ring (bicyclic) bond motifs is 2. The maximum atomic E-state index is 11.5. The number of allylic oxidation sites excluding steroid dienone is 1. The molecule has 0 spiro atoms. The van der Waals surface area contributed by atoms with Crippen molar-refractivity contribution in [3.63, 3.8) is 0 Å². The zero-order valence-electron chi connectivity index (χ0n) is 7.25. The zero-order valence-corrected chi connectivity index (χ0v) is 7.25. The number of rotatable bonds is 3. The van der Waals surface area contributed by atoms with Gasteiger partial charge >= 0.3 is 0 Å². The highest BCUT2D eigenvalue weighted by Crippen LogP contribution is 2.34. The molecule has 0 amide bonds. The molecule has 2 heteroatoms. The first kappa shape index (κ1) is 7.99. The Balaban J connectivity index is 1.97. The molecule has 0 aromatic rings. The molecule has 3 unspecified atom stereocenters. The maximum absolute atomic E-state index is 11.5. The molecule has 0 aliphatic carbocycles. The molecule has 3 atom stereocenters. The topological polar surface area (TPSA) is 29.1 Å². The number of carbonyl (C=O) groups is 1. The van der Waals surface area contributed by atoms with E-state index in [9.17, 15) is 4.79 Å². The van der Waals surface area contributed by atoms with E-state index in [1.165, 1.54) is 12.8 Å². The quantitative estimate of drug-likeness (QED) is 0.638. The molecule has 0 radical (unpaired) electrons. The molecule has 0 aromatic carbocycles. The van der Waals surface area contributed by atoms with E-state index in [1.807, 2.05) is 0 Å². The van der Waals surface area contributed by atoms with Crippen molar-refractivity contribution in [1.82, 2.24) is 5.32 Å². The first-order chi connectivity index (χ1) is 5.81. The molecule has 66 valence electrons. The van der Waals surface area contributed by atoms with E-state index in [2.05, 4.69) is 11.9 Å². The van der Waals surface area contributed by atoms with Gasteiger partial charge in [0.05, 0.1) is 0 Å². The minimum absolute atomic E-state index is 0.293. The van der Waals surface area contributed by atoms with Gasteiger partial charge in [-0.2, -0.15) is 0 Å². The minimum atomic E-state index is 0.293. The maximum Gasteiger partial charge on any atom is 0.141 e. The van der Waals surface area contributed by atoms with Crippen LogP contribution in [0.3, 0.4) is 0 Å². The summed E-state index contributed by atoms with van der Waals surface area (Å²) in [5.74, 6) is 0.673. The fourth-order valence-electron chi connectivity index (χ4n) is 2.47. The standard InChI is InChI=1S/C10H15NO/c1-2-3-10(12)8-6-7-4-5-9(8)11-7/h2,7-9,11H,1,3-6H2. The highest BCUT2D eigenvalue weighted by Gasteiger charge is 2.41. The van der Waals surface area contributed by atoms with Crippen LogP contribution in [0, 0.1) is 5.92 Å². The van der Waals surface area contributed by atoms with Crippen molar-refractivity contribution in [2.45, 2.75) is 37.8 Å². The van der Waals surface area contributed by atoms with Crippen molar-refractivity contribution < 1.29 is 4.79 Å². The van der Waals surface area contributed by atoms with Crippen LogP contribution in [0.25, 0.3) is 0 Å². The Bertz CT molecular complexity index is 212. The summed E-state index contributed by atoms with van der Waals surface area (Å²) in [7, 11) is 0. The zero-order chi connectivity index (χ0) is 8.55. The first-order valence-corrected chi connectivity index (χ1v) is 4.71. The van der Waals surface area contributed by atoms with Gasteiger partial charge in [0.15, 0.2) is 0 Å². The number of hydrogen-bond donors (Lipinski definition) is 1. The van der Waals surface area contributed by atoms with Crippen LogP contribution in [-0.2, 0) is 4.79 Å². The van der Waals surface area contributed by atoms with Crippen LogP contribution in [-0.4, -0.2) is 17.9 Å². The second kappa shape index (κ2) is 3.02. The van der Waals surface area contributed by atoms with E-state index < -0.39 is 0 Å².